The van der Waals surface area contributed by atoms with Crippen LogP contribution in [0.2, 0.25) is 0 Å². The highest BCUT2D eigenvalue weighted by atomic mass is 16.1. The first-order chi connectivity index (χ1) is 15.0. The molecule has 2 aromatic rings. The number of carbonyl (C=O) groups is 1. The highest BCUT2D eigenvalue weighted by Crippen LogP contribution is 2.30. The number of ketones is 1. The van der Waals surface area contributed by atoms with Crippen LogP contribution in [0.4, 0.5) is 0 Å². The maximum atomic E-state index is 13.5. The van der Waals surface area contributed by atoms with Gasteiger partial charge in [0.1, 0.15) is 0 Å². The summed E-state index contributed by atoms with van der Waals surface area (Å²) in [6.45, 7) is 11.6. The molecule has 1 atom stereocenters. The summed E-state index contributed by atoms with van der Waals surface area (Å²) < 4.78 is 1.90. The molecule has 0 amide bonds. The Hall–Kier alpha value is -2.79. The van der Waals surface area contributed by atoms with Crippen molar-refractivity contribution in [3.05, 3.63) is 77.3 Å². The Labute approximate surface area is 185 Å². The summed E-state index contributed by atoms with van der Waals surface area (Å²) in [6, 6.07) is 6.02. The third kappa shape index (κ3) is 5.88. The number of benzene rings is 1. The number of carbonyl (C=O) groups excluding carboxylic acids is 1. The minimum absolute atomic E-state index is 0.00775. The fourth-order valence-corrected chi connectivity index (χ4v) is 3.56. The van der Waals surface area contributed by atoms with Crippen LogP contribution in [0.5, 0.6) is 0 Å². The topological polar surface area (TPSA) is 73.3 Å². The smallest absolute Gasteiger partial charge is 0.196 e. The zero-order valence-electron chi connectivity index (χ0n) is 19.0. The Morgan fingerprint density at radius 2 is 2.16 bits per heavy atom. The minimum Gasteiger partial charge on any atom is -0.330 e. The predicted molar refractivity (Wildman–Crippen MR) is 128 cm³/mol. The molecular formula is C26H34N4O. The molecule has 1 unspecified atom stereocenters. The van der Waals surface area contributed by atoms with Crippen molar-refractivity contribution in [2.75, 3.05) is 6.54 Å². The number of hydrogen-bond donors (Lipinski definition) is 1. The molecule has 3 rings (SSSR count). The van der Waals surface area contributed by atoms with E-state index in [-0.39, 0.29) is 11.7 Å². The predicted octanol–water partition coefficient (Wildman–Crippen LogP) is 5.09. The zero-order chi connectivity index (χ0) is 22.4. The summed E-state index contributed by atoms with van der Waals surface area (Å²) in [6.07, 6.45) is 11.4. The fraction of sp³-hybridized carbons (Fsp3) is 0.423. The van der Waals surface area contributed by atoms with Crippen molar-refractivity contribution in [3.8, 4) is 0 Å². The molecule has 31 heavy (non-hydrogen) atoms. The van der Waals surface area contributed by atoms with Gasteiger partial charge in [0.05, 0.1) is 17.5 Å². The Bertz CT molecular complexity index is 995. The standard InChI is InChI=1S/C26H34N4O/c1-5-19(4)25(28-14-20(6-2)11-12-27)23-10-7-18(3)13-24(23)26(31)22-15-29-30(17-22)16-21-8-9-21/h6-7,10,13-15,17,19,21H,2,5,8-9,11-12,16,27H2,1,3-4H3/b20-14+,28-25?. The summed E-state index contributed by atoms with van der Waals surface area (Å²) in [5, 5.41) is 4.42. The number of aliphatic imine (C=N–C) groups is 1. The quantitative estimate of drug-likeness (QED) is 0.314. The monoisotopic (exact) mass is 418 g/mol. The number of hydrogen-bond acceptors (Lipinski definition) is 4. The molecule has 1 heterocycles. The number of nitrogens with two attached hydrogens (primary N) is 1. The van der Waals surface area contributed by atoms with Crippen LogP contribution in [-0.2, 0) is 6.54 Å². The van der Waals surface area contributed by atoms with Crippen LogP contribution in [0.15, 0.2) is 60.0 Å². The first-order valence-electron chi connectivity index (χ1n) is 11.2. The lowest BCUT2D eigenvalue weighted by Crippen LogP contribution is -2.17. The molecule has 0 bridgehead atoms. The van der Waals surface area contributed by atoms with Gasteiger partial charge in [0, 0.05) is 30.1 Å². The van der Waals surface area contributed by atoms with E-state index in [1.54, 1.807) is 12.3 Å². The zero-order valence-corrected chi connectivity index (χ0v) is 19.0. The molecule has 1 aliphatic carbocycles. The van der Waals surface area contributed by atoms with Crippen molar-refractivity contribution in [1.29, 1.82) is 0 Å². The van der Waals surface area contributed by atoms with Crippen molar-refractivity contribution < 1.29 is 4.79 Å². The summed E-state index contributed by atoms with van der Waals surface area (Å²) in [5.41, 5.74) is 10.8. The lowest BCUT2D eigenvalue weighted by molar-refractivity contribution is 0.103. The molecule has 1 aliphatic rings. The normalized spacial score (nSPS) is 15.7. The Balaban J connectivity index is 2.01. The molecule has 2 N–H and O–H groups in total. The molecule has 1 aromatic carbocycles. The Kier molecular flexibility index (Phi) is 7.75. The second-order valence-corrected chi connectivity index (χ2v) is 8.54. The van der Waals surface area contributed by atoms with E-state index in [4.69, 9.17) is 10.7 Å². The second-order valence-electron chi connectivity index (χ2n) is 8.54. The van der Waals surface area contributed by atoms with E-state index >= 15 is 0 Å². The maximum Gasteiger partial charge on any atom is 0.196 e. The molecule has 1 fully saturated rings. The van der Waals surface area contributed by atoms with Gasteiger partial charge in [-0.15, -0.1) is 0 Å². The van der Waals surface area contributed by atoms with Gasteiger partial charge < -0.3 is 5.73 Å². The number of aromatic nitrogens is 2. The maximum absolute atomic E-state index is 13.5. The Morgan fingerprint density at radius 1 is 1.39 bits per heavy atom. The first-order valence-corrected chi connectivity index (χ1v) is 11.2. The lowest BCUT2D eigenvalue weighted by atomic mass is 9.89. The van der Waals surface area contributed by atoms with Crippen molar-refractivity contribution in [3.63, 3.8) is 0 Å². The number of aryl methyl sites for hydroxylation is 1. The van der Waals surface area contributed by atoms with Crippen LogP contribution in [0.3, 0.4) is 0 Å². The highest BCUT2D eigenvalue weighted by molar-refractivity contribution is 6.17. The van der Waals surface area contributed by atoms with Crippen LogP contribution in [0.1, 0.15) is 66.6 Å². The minimum atomic E-state index is -0.00775. The average Bonchev–Trinajstić information content (AvgIpc) is 3.47. The van der Waals surface area contributed by atoms with Gasteiger partial charge in [-0.1, -0.05) is 44.2 Å². The van der Waals surface area contributed by atoms with E-state index < -0.39 is 0 Å². The summed E-state index contributed by atoms with van der Waals surface area (Å²) >= 11 is 0. The van der Waals surface area contributed by atoms with Gasteiger partial charge in [0.15, 0.2) is 5.78 Å². The van der Waals surface area contributed by atoms with E-state index in [9.17, 15) is 4.79 Å². The number of allylic oxidation sites excluding steroid dienone is 1. The largest absolute Gasteiger partial charge is 0.330 e. The highest BCUT2D eigenvalue weighted by Gasteiger charge is 2.24. The molecule has 5 heteroatoms. The molecule has 0 saturated heterocycles. The van der Waals surface area contributed by atoms with Crippen molar-refractivity contribution in [2.45, 2.75) is 53.0 Å². The molecule has 1 aromatic heterocycles. The summed E-state index contributed by atoms with van der Waals surface area (Å²) in [4.78, 5) is 18.3. The van der Waals surface area contributed by atoms with Crippen LogP contribution in [0, 0.1) is 18.8 Å². The fourth-order valence-electron chi connectivity index (χ4n) is 3.56. The molecule has 1 saturated carbocycles. The van der Waals surface area contributed by atoms with E-state index in [2.05, 4.69) is 25.5 Å². The summed E-state index contributed by atoms with van der Waals surface area (Å²) in [5.74, 6) is 0.902. The SMILES string of the molecule is C=C/C(=C\N=C(c1ccc(C)cc1C(=O)c1cnn(CC2CC2)c1)C(C)CC)CCN. The van der Waals surface area contributed by atoms with Crippen molar-refractivity contribution in [2.24, 2.45) is 22.6 Å². The molecule has 0 aliphatic heterocycles. The van der Waals surface area contributed by atoms with Gasteiger partial charge in [-0.2, -0.15) is 5.10 Å². The molecule has 164 valence electrons. The number of nitrogens with zero attached hydrogens (tertiary/aromatic N) is 3. The van der Waals surface area contributed by atoms with Crippen molar-refractivity contribution >= 4 is 11.5 Å². The van der Waals surface area contributed by atoms with E-state index in [0.717, 1.165) is 41.8 Å². The van der Waals surface area contributed by atoms with Crippen LogP contribution < -0.4 is 5.73 Å². The molecular weight excluding hydrogens is 384 g/mol. The van der Waals surface area contributed by atoms with E-state index in [1.807, 2.05) is 42.2 Å². The molecule has 0 spiro atoms. The van der Waals surface area contributed by atoms with Gasteiger partial charge in [-0.3, -0.25) is 14.5 Å². The average molecular weight is 419 g/mol. The third-order valence-electron chi connectivity index (χ3n) is 5.88. The van der Waals surface area contributed by atoms with Gasteiger partial charge >= 0.3 is 0 Å². The van der Waals surface area contributed by atoms with Crippen LogP contribution >= 0.6 is 0 Å². The third-order valence-corrected chi connectivity index (χ3v) is 5.88. The van der Waals surface area contributed by atoms with Gasteiger partial charge in [0.2, 0.25) is 0 Å². The van der Waals surface area contributed by atoms with Gasteiger partial charge in [-0.25, -0.2) is 0 Å². The van der Waals surface area contributed by atoms with E-state index in [1.165, 1.54) is 12.8 Å². The van der Waals surface area contributed by atoms with Crippen molar-refractivity contribution in [1.82, 2.24) is 9.78 Å². The number of rotatable bonds is 11. The summed E-state index contributed by atoms with van der Waals surface area (Å²) in [7, 11) is 0. The van der Waals surface area contributed by atoms with Crippen LogP contribution in [-0.4, -0.2) is 27.8 Å². The Morgan fingerprint density at radius 3 is 2.81 bits per heavy atom. The second kappa shape index (κ2) is 10.5. The first kappa shape index (κ1) is 22.9. The van der Waals surface area contributed by atoms with E-state index in [0.29, 0.717) is 23.6 Å². The lowest BCUT2D eigenvalue weighted by Gasteiger charge is -2.17. The molecule has 0 radical (unpaired) electrons. The molecule has 5 nitrogen and oxygen atoms in total. The van der Waals surface area contributed by atoms with Gasteiger partial charge in [-0.05, 0) is 62.6 Å². The van der Waals surface area contributed by atoms with Crippen LogP contribution in [0.25, 0.3) is 0 Å². The van der Waals surface area contributed by atoms with Gasteiger partial charge in [0.25, 0.3) is 0 Å².